The molecular weight excluding hydrogens is 162 g/mol. The quantitative estimate of drug-likeness (QED) is 0.695. The normalized spacial score (nSPS) is 43.8. The van der Waals surface area contributed by atoms with Crippen LogP contribution in [0.25, 0.3) is 0 Å². The van der Waals surface area contributed by atoms with Crippen LogP contribution in [0.4, 0.5) is 0 Å². The first kappa shape index (κ1) is 9.47. The van der Waals surface area contributed by atoms with Crippen molar-refractivity contribution in [3.63, 3.8) is 0 Å². The zero-order valence-corrected chi connectivity index (χ0v) is 8.55. The summed E-state index contributed by atoms with van der Waals surface area (Å²) in [6.07, 6.45) is 6.67. The molecule has 0 amide bonds. The average molecular weight is 183 g/mol. The second-order valence-electron chi connectivity index (χ2n) is 4.77. The third-order valence-electron chi connectivity index (χ3n) is 4.09. The van der Waals surface area contributed by atoms with E-state index in [2.05, 4.69) is 12.2 Å². The lowest BCUT2D eigenvalue weighted by Gasteiger charge is -2.51. The maximum atomic E-state index is 9.53. The Hall–Kier alpha value is -0.0800. The SMILES string of the molecule is CCNC1(CO)CC2CCC1CC2. The molecule has 3 aliphatic carbocycles. The van der Waals surface area contributed by atoms with Crippen LogP contribution >= 0.6 is 0 Å². The topological polar surface area (TPSA) is 32.3 Å². The Kier molecular flexibility index (Phi) is 2.61. The lowest BCUT2D eigenvalue weighted by atomic mass is 9.60. The Morgan fingerprint density at radius 1 is 1.31 bits per heavy atom. The van der Waals surface area contributed by atoms with Crippen molar-refractivity contribution in [2.75, 3.05) is 13.2 Å². The number of hydrogen-bond acceptors (Lipinski definition) is 2. The van der Waals surface area contributed by atoms with Gasteiger partial charge in [-0.1, -0.05) is 19.8 Å². The minimum atomic E-state index is 0.0932. The summed E-state index contributed by atoms with van der Waals surface area (Å²) in [6, 6.07) is 0. The van der Waals surface area contributed by atoms with Crippen LogP contribution in [0.5, 0.6) is 0 Å². The second-order valence-corrected chi connectivity index (χ2v) is 4.77. The molecule has 2 heteroatoms. The fourth-order valence-electron chi connectivity index (χ4n) is 3.42. The maximum absolute atomic E-state index is 9.53. The van der Waals surface area contributed by atoms with Crippen LogP contribution in [0.15, 0.2) is 0 Å². The highest BCUT2D eigenvalue weighted by Crippen LogP contribution is 2.47. The first-order chi connectivity index (χ1) is 6.30. The summed E-state index contributed by atoms with van der Waals surface area (Å²) in [7, 11) is 0. The molecule has 2 nitrogen and oxygen atoms in total. The number of hydrogen-bond donors (Lipinski definition) is 2. The van der Waals surface area contributed by atoms with Crippen molar-refractivity contribution in [1.29, 1.82) is 0 Å². The standard InChI is InChI=1S/C11H21NO/c1-2-12-11(8-13)7-9-3-5-10(11)6-4-9/h9-10,12-13H,2-8H2,1H3. The Bertz CT molecular complexity index is 175. The van der Waals surface area contributed by atoms with Gasteiger partial charge in [-0.2, -0.15) is 0 Å². The molecular formula is C11H21NO. The van der Waals surface area contributed by atoms with Gasteiger partial charge in [0.1, 0.15) is 0 Å². The van der Waals surface area contributed by atoms with E-state index in [1.54, 1.807) is 0 Å². The van der Waals surface area contributed by atoms with E-state index in [4.69, 9.17) is 0 Å². The summed E-state index contributed by atoms with van der Waals surface area (Å²) >= 11 is 0. The summed E-state index contributed by atoms with van der Waals surface area (Å²) < 4.78 is 0. The molecule has 3 aliphatic rings. The summed E-state index contributed by atoms with van der Waals surface area (Å²) in [4.78, 5) is 0. The number of nitrogens with one attached hydrogen (secondary N) is 1. The van der Waals surface area contributed by atoms with E-state index in [1.165, 1.54) is 32.1 Å². The molecule has 2 N–H and O–H groups in total. The Morgan fingerprint density at radius 3 is 2.38 bits per heavy atom. The molecule has 1 unspecified atom stereocenters. The largest absolute Gasteiger partial charge is 0.394 e. The van der Waals surface area contributed by atoms with Gasteiger partial charge in [0.2, 0.25) is 0 Å². The maximum Gasteiger partial charge on any atom is 0.0616 e. The molecule has 0 aromatic heterocycles. The summed E-state index contributed by atoms with van der Waals surface area (Å²) in [5.74, 6) is 1.62. The van der Waals surface area contributed by atoms with Crippen LogP contribution in [-0.2, 0) is 0 Å². The van der Waals surface area contributed by atoms with E-state index in [-0.39, 0.29) is 5.54 Å². The predicted molar refractivity (Wildman–Crippen MR) is 53.6 cm³/mol. The van der Waals surface area contributed by atoms with E-state index in [9.17, 15) is 5.11 Å². The zero-order valence-electron chi connectivity index (χ0n) is 8.55. The monoisotopic (exact) mass is 183 g/mol. The summed E-state index contributed by atoms with van der Waals surface area (Å²) in [5.41, 5.74) is 0.0932. The van der Waals surface area contributed by atoms with Crippen molar-refractivity contribution in [1.82, 2.24) is 5.32 Å². The highest BCUT2D eigenvalue weighted by Gasteiger charge is 2.46. The van der Waals surface area contributed by atoms with Gasteiger partial charge >= 0.3 is 0 Å². The van der Waals surface area contributed by atoms with Gasteiger partial charge < -0.3 is 10.4 Å². The second kappa shape index (κ2) is 3.58. The van der Waals surface area contributed by atoms with Crippen LogP contribution in [0.2, 0.25) is 0 Å². The van der Waals surface area contributed by atoms with E-state index in [0.29, 0.717) is 6.61 Å². The van der Waals surface area contributed by atoms with Crippen LogP contribution in [0.3, 0.4) is 0 Å². The van der Waals surface area contributed by atoms with Gasteiger partial charge in [-0.05, 0) is 37.6 Å². The van der Waals surface area contributed by atoms with Gasteiger partial charge in [0, 0.05) is 5.54 Å². The van der Waals surface area contributed by atoms with E-state index in [1.807, 2.05) is 0 Å². The van der Waals surface area contributed by atoms with Crippen LogP contribution < -0.4 is 5.32 Å². The Balaban J connectivity index is 2.10. The number of likely N-dealkylation sites (N-methyl/N-ethyl adjacent to an activating group) is 1. The fourth-order valence-corrected chi connectivity index (χ4v) is 3.42. The Labute approximate surface area is 80.7 Å². The van der Waals surface area contributed by atoms with E-state index < -0.39 is 0 Å². The number of rotatable bonds is 3. The molecule has 3 fully saturated rings. The first-order valence-corrected chi connectivity index (χ1v) is 5.66. The van der Waals surface area contributed by atoms with Gasteiger partial charge in [-0.25, -0.2) is 0 Å². The van der Waals surface area contributed by atoms with Crippen molar-refractivity contribution >= 4 is 0 Å². The highest BCUT2D eigenvalue weighted by atomic mass is 16.3. The molecule has 1 atom stereocenters. The molecule has 13 heavy (non-hydrogen) atoms. The molecule has 0 aromatic rings. The molecule has 0 saturated heterocycles. The Morgan fingerprint density at radius 2 is 2.00 bits per heavy atom. The van der Waals surface area contributed by atoms with Crippen molar-refractivity contribution in [2.45, 2.75) is 44.6 Å². The van der Waals surface area contributed by atoms with Crippen LogP contribution in [-0.4, -0.2) is 23.8 Å². The first-order valence-electron chi connectivity index (χ1n) is 5.66. The summed E-state index contributed by atoms with van der Waals surface area (Å²) in [6.45, 7) is 3.46. The third-order valence-corrected chi connectivity index (χ3v) is 4.09. The lowest BCUT2D eigenvalue weighted by Crippen LogP contribution is -2.59. The highest BCUT2D eigenvalue weighted by molar-refractivity contribution is 5.02. The molecule has 0 heterocycles. The molecule has 0 radical (unpaired) electrons. The fraction of sp³-hybridized carbons (Fsp3) is 1.00. The summed E-state index contributed by atoms with van der Waals surface area (Å²) in [5, 5.41) is 13.1. The van der Waals surface area contributed by atoms with E-state index >= 15 is 0 Å². The zero-order chi connectivity index (χ0) is 9.31. The van der Waals surface area contributed by atoms with Crippen LogP contribution in [0, 0.1) is 11.8 Å². The van der Waals surface area contributed by atoms with Crippen molar-refractivity contribution in [3.8, 4) is 0 Å². The number of aliphatic hydroxyl groups is 1. The smallest absolute Gasteiger partial charge is 0.0616 e. The molecule has 0 spiro atoms. The third kappa shape index (κ3) is 1.50. The molecule has 0 aliphatic heterocycles. The minimum Gasteiger partial charge on any atom is -0.394 e. The molecule has 3 saturated carbocycles. The van der Waals surface area contributed by atoms with Crippen molar-refractivity contribution in [2.24, 2.45) is 11.8 Å². The number of fused-ring (bicyclic) bond motifs is 3. The van der Waals surface area contributed by atoms with Gasteiger partial charge in [0.05, 0.1) is 6.61 Å². The molecule has 2 bridgehead atoms. The minimum absolute atomic E-state index is 0.0932. The molecule has 0 aromatic carbocycles. The van der Waals surface area contributed by atoms with Gasteiger partial charge in [0.25, 0.3) is 0 Å². The van der Waals surface area contributed by atoms with Gasteiger partial charge in [0.15, 0.2) is 0 Å². The van der Waals surface area contributed by atoms with Gasteiger partial charge in [-0.3, -0.25) is 0 Å². The van der Waals surface area contributed by atoms with Crippen molar-refractivity contribution in [3.05, 3.63) is 0 Å². The number of aliphatic hydroxyl groups excluding tert-OH is 1. The van der Waals surface area contributed by atoms with Gasteiger partial charge in [-0.15, -0.1) is 0 Å². The average Bonchev–Trinajstić information content (AvgIpc) is 2.20. The molecule has 76 valence electrons. The van der Waals surface area contributed by atoms with E-state index in [0.717, 1.165) is 18.4 Å². The van der Waals surface area contributed by atoms with Crippen molar-refractivity contribution < 1.29 is 5.11 Å². The molecule has 3 rings (SSSR count). The van der Waals surface area contributed by atoms with Crippen LogP contribution in [0.1, 0.15) is 39.0 Å². The lowest BCUT2D eigenvalue weighted by molar-refractivity contribution is 0.00104. The predicted octanol–water partition coefficient (Wildman–Crippen LogP) is 1.54.